The lowest BCUT2D eigenvalue weighted by atomic mass is 10.1. The average molecular weight is 373 g/mol. The van der Waals surface area contributed by atoms with Crippen LogP contribution in [-0.2, 0) is 10.0 Å². The predicted octanol–water partition coefficient (Wildman–Crippen LogP) is 5.69. The summed E-state index contributed by atoms with van der Waals surface area (Å²) < 4.78 is 26.5. The van der Waals surface area contributed by atoms with Crippen molar-refractivity contribution in [2.45, 2.75) is 110 Å². The molecule has 148 valence electrons. The summed E-state index contributed by atoms with van der Waals surface area (Å²) in [5.74, 6) is 0.281. The van der Waals surface area contributed by atoms with Crippen molar-refractivity contribution in [1.82, 2.24) is 4.72 Å². The first-order valence-electron chi connectivity index (χ1n) is 10.5. The van der Waals surface area contributed by atoms with Gasteiger partial charge in [0.1, 0.15) is 0 Å². The topological polar surface area (TPSA) is 70.0 Å². The molecule has 1 N–H and O–H groups in total. The van der Waals surface area contributed by atoms with Crippen molar-refractivity contribution in [2.75, 3.05) is 12.3 Å². The lowest BCUT2D eigenvalue weighted by molar-refractivity contribution is 0.552. The van der Waals surface area contributed by atoms with Crippen molar-refractivity contribution in [3.8, 4) is 6.07 Å². The van der Waals surface area contributed by atoms with Crippen LogP contribution in [0.3, 0.4) is 0 Å². The first-order chi connectivity index (χ1) is 12.1. The first-order valence-corrected chi connectivity index (χ1v) is 12.1. The van der Waals surface area contributed by atoms with Gasteiger partial charge in [0.15, 0.2) is 0 Å². The molecule has 0 bridgehead atoms. The normalized spacial score (nSPS) is 11.5. The van der Waals surface area contributed by atoms with Gasteiger partial charge in [0.2, 0.25) is 10.0 Å². The van der Waals surface area contributed by atoms with Crippen LogP contribution in [0.4, 0.5) is 0 Å². The van der Waals surface area contributed by atoms with Crippen LogP contribution in [0.25, 0.3) is 0 Å². The number of nitrogens with zero attached hydrogens (tertiary/aromatic N) is 1. The zero-order chi connectivity index (χ0) is 18.6. The average Bonchev–Trinajstić information content (AvgIpc) is 2.59. The first kappa shape index (κ1) is 24.4. The maximum atomic E-state index is 11.9. The molecule has 4 nitrogen and oxygen atoms in total. The van der Waals surface area contributed by atoms with E-state index in [1.54, 1.807) is 0 Å². The van der Waals surface area contributed by atoms with Gasteiger partial charge in [-0.1, -0.05) is 84.0 Å². The smallest absolute Gasteiger partial charge is 0.211 e. The number of nitrogens with one attached hydrogen (secondary N) is 1. The third kappa shape index (κ3) is 19.6. The van der Waals surface area contributed by atoms with Crippen LogP contribution in [0, 0.1) is 11.3 Å². The summed E-state index contributed by atoms with van der Waals surface area (Å²) in [4.78, 5) is 0. The molecule has 0 aromatic rings. The summed E-state index contributed by atoms with van der Waals surface area (Å²) in [5, 5.41) is 8.45. The van der Waals surface area contributed by atoms with E-state index in [1.807, 2.05) is 0 Å². The quantitative estimate of drug-likeness (QED) is 0.296. The van der Waals surface area contributed by atoms with E-state index < -0.39 is 10.0 Å². The maximum absolute atomic E-state index is 11.9. The van der Waals surface area contributed by atoms with E-state index in [2.05, 4.69) is 17.7 Å². The Morgan fingerprint density at radius 1 is 0.720 bits per heavy atom. The second-order valence-electron chi connectivity index (χ2n) is 7.07. The Morgan fingerprint density at radius 2 is 1.20 bits per heavy atom. The Kier molecular flexibility index (Phi) is 17.8. The predicted molar refractivity (Wildman–Crippen MR) is 107 cm³/mol. The van der Waals surface area contributed by atoms with E-state index >= 15 is 0 Å². The van der Waals surface area contributed by atoms with Crippen molar-refractivity contribution in [3.63, 3.8) is 0 Å². The zero-order valence-electron chi connectivity index (χ0n) is 16.4. The molecule has 0 aromatic carbocycles. The molecule has 5 heteroatoms. The van der Waals surface area contributed by atoms with Crippen LogP contribution in [0.1, 0.15) is 110 Å². The van der Waals surface area contributed by atoms with Crippen LogP contribution < -0.4 is 4.72 Å². The van der Waals surface area contributed by atoms with Gasteiger partial charge in [0.25, 0.3) is 0 Å². The summed E-state index contributed by atoms with van der Waals surface area (Å²) in [7, 11) is -3.07. The largest absolute Gasteiger partial charge is 0.215 e. The van der Waals surface area contributed by atoms with Gasteiger partial charge in [-0.25, -0.2) is 13.1 Å². The van der Waals surface area contributed by atoms with E-state index in [9.17, 15) is 8.42 Å². The monoisotopic (exact) mass is 372 g/mol. The van der Waals surface area contributed by atoms with Gasteiger partial charge < -0.3 is 0 Å². The highest BCUT2D eigenvalue weighted by Crippen LogP contribution is 2.10. The molecule has 0 atom stereocenters. The Bertz CT molecular complexity index is 416. The highest BCUT2D eigenvalue weighted by Gasteiger charge is 2.08. The van der Waals surface area contributed by atoms with Crippen molar-refractivity contribution in [2.24, 2.45) is 0 Å². The van der Waals surface area contributed by atoms with Gasteiger partial charge in [-0.2, -0.15) is 5.26 Å². The Morgan fingerprint density at radius 3 is 1.76 bits per heavy atom. The fourth-order valence-corrected chi connectivity index (χ4v) is 4.12. The number of hydrogen-bond acceptors (Lipinski definition) is 3. The van der Waals surface area contributed by atoms with Crippen molar-refractivity contribution in [1.29, 1.82) is 5.26 Å². The molecule has 0 aliphatic carbocycles. The van der Waals surface area contributed by atoms with Crippen LogP contribution in [-0.4, -0.2) is 20.7 Å². The molecule has 0 spiro atoms. The minimum Gasteiger partial charge on any atom is -0.215 e. The fraction of sp³-hybridized carbons (Fsp3) is 0.950. The standard InChI is InChI=1S/C20H40N2O2S/c1-2-3-4-5-11-14-17-20-25(23,24)22-19-16-13-10-8-6-7-9-12-15-18-21/h22H,2-17,19-20H2,1H3. The van der Waals surface area contributed by atoms with E-state index in [4.69, 9.17) is 5.26 Å². The molecule has 0 amide bonds. The molecular formula is C20H40N2O2S. The lowest BCUT2D eigenvalue weighted by Crippen LogP contribution is -2.27. The molecule has 0 aliphatic heterocycles. The Balaban J connectivity index is 3.35. The van der Waals surface area contributed by atoms with Gasteiger partial charge in [0.05, 0.1) is 11.8 Å². The summed E-state index contributed by atoms with van der Waals surface area (Å²) in [6, 6.07) is 2.18. The molecule has 0 aliphatic rings. The minimum atomic E-state index is -3.07. The molecule has 0 rings (SSSR count). The van der Waals surface area contributed by atoms with Crippen LogP contribution >= 0.6 is 0 Å². The second-order valence-corrected chi connectivity index (χ2v) is 9.00. The van der Waals surface area contributed by atoms with Gasteiger partial charge in [-0.05, 0) is 19.3 Å². The van der Waals surface area contributed by atoms with Gasteiger partial charge in [-0.3, -0.25) is 0 Å². The fourth-order valence-electron chi connectivity index (χ4n) is 2.94. The second kappa shape index (κ2) is 18.2. The van der Waals surface area contributed by atoms with E-state index in [0.717, 1.165) is 44.9 Å². The van der Waals surface area contributed by atoms with Crippen molar-refractivity contribution in [3.05, 3.63) is 0 Å². The summed E-state index contributed by atoms with van der Waals surface area (Å²) >= 11 is 0. The SMILES string of the molecule is CCCCCCCCCS(=O)(=O)NCCCCCCCCCCC#N. The number of unbranched alkanes of at least 4 members (excludes halogenated alkanes) is 14. The number of sulfonamides is 1. The van der Waals surface area contributed by atoms with E-state index in [0.29, 0.717) is 13.0 Å². The lowest BCUT2D eigenvalue weighted by Gasteiger charge is -2.07. The molecule has 0 saturated carbocycles. The van der Waals surface area contributed by atoms with Crippen LogP contribution in [0.15, 0.2) is 0 Å². The molecule has 0 aromatic heterocycles. The molecule has 0 heterocycles. The van der Waals surface area contributed by atoms with E-state index in [1.165, 1.54) is 51.4 Å². The minimum absolute atomic E-state index is 0.281. The molecule has 0 unspecified atom stereocenters. The maximum Gasteiger partial charge on any atom is 0.211 e. The number of rotatable bonds is 19. The molecule has 0 saturated heterocycles. The van der Waals surface area contributed by atoms with Crippen molar-refractivity contribution >= 4 is 10.0 Å². The highest BCUT2D eigenvalue weighted by molar-refractivity contribution is 7.89. The summed E-state index contributed by atoms with van der Waals surface area (Å²) in [6.07, 6.45) is 17.8. The van der Waals surface area contributed by atoms with Gasteiger partial charge in [-0.15, -0.1) is 0 Å². The zero-order valence-corrected chi connectivity index (χ0v) is 17.2. The summed E-state index contributed by atoms with van der Waals surface area (Å²) in [5.41, 5.74) is 0. The van der Waals surface area contributed by atoms with Crippen molar-refractivity contribution < 1.29 is 8.42 Å². The number of hydrogen-bond donors (Lipinski definition) is 1. The summed E-state index contributed by atoms with van der Waals surface area (Å²) in [6.45, 7) is 2.79. The molecule has 0 radical (unpaired) electrons. The third-order valence-corrected chi connectivity index (χ3v) is 6.02. The van der Waals surface area contributed by atoms with E-state index in [-0.39, 0.29) is 5.75 Å². The van der Waals surface area contributed by atoms with Gasteiger partial charge >= 0.3 is 0 Å². The van der Waals surface area contributed by atoms with Crippen LogP contribution in [0.2, 0.25) is 0 Å². The molecule has 0 fully saturated rings. The Hall–Kier alpha value is -0.600. The molecule has 25 heavy (non-hydrogen) atoms. The Labute approximate surface area is 156 Å². The van der Waals surface area contributed by atoms with Gasteiger partial charge in [0, 0.05) is 13.0 Å². The highest BCUT2D eigenvalue weighted by atomic mass is 32.2. The van der Waals surface area contributed by atoms with Crippen LogP contribution in [0.5, 0.6) is 0 Å². The third-order valence-electron chi connectivity index (χ3n) is 4.55. The molecular weight excluding hydrogens is 332 g/mol. The number of nitriles is 1.